The molecule has 2 atom stereocenters. The van der Waals surface area contributed by atoms with E-state index < -0.39 is 0 Å². The van der Waals surface area contributed by atoms with Crippen LogP contribution in [-0.2, 0) is 0 Å². The van der Waals surface area contributed by atoms with Gasteiger partial charge in [0.25, 0.3) is 0 Å². The van der Waals surface area contributed by atoms with Crippen LogP contribution in [0.15, 0.2) is 0 Å². The molecule has 1 aliphatic heterocycles. The van der Waals surface area contributed by atoms with Gasteiger partial charge >= 0.3 is 0 Å². The first-order chi connectivity index (χ1) is 6.52. The Hall–Kier alpha value is -0.120. The Kier molecular flexibility index (Phi) is 6.33. The van der Waals surface area contributed by atoms with Gasteiger partial charge in [0.15, 0.2) is 0 Å². The molecule has 1 saturated heterocycles. The van der Waals surface area contributed by atoms with Gasteiger partial charge in [-0.1, -0.05) is 13.8 Å². The number of nitrogens with zero attached hydrogens (tertiary/aromatic N) is 2. The minimum absolute atomic E-state index is 0. The van der Waals surface area contributed by atoms with E-state index >= 15 is 0 Å². The Morgan fingerprint density at radius 2 is 1.79 bits per heavy atom. The van der Waals surface area contributed by atoms with Gasteiger partial charge in [-0.2, -0.15) is 0 Å². The molecule has 2 N–H and O–H groups in total. The lowest BCUT2D eigenvalue weighted by Gasteiger charge is -2.23. The fraction of sp³-hybridized carbons (Fsp3) is 1.00. The first kappa shape index (κ1) is 13.9. The molecule has 0 aromatic rings. The summed E-state index contributed by atoms with van der Waals surface area (Å²) in [5.41, 5.74) is 6.02. The number of likely N-dealkylation sites (tertiary alicyclic amines) is 1. The monoisotopic (exact) mass is 203 g/mol. The van der Waals surface area contributed by atoms with Crippen molar-refractivity contribution in [2.45, 2.75) is 45.8 Å². The number of hydrogen-bond acceptors (Lipinski definition) is 3. The molecule has 88 valence electrons. The molecule has 14 heavy (non-hydrogen) atoms. The highest BCUT2D eigenvalue weighted by Crippen LogP contribution is 2.14. The van der Waals surface area contributed by atoms with Crippen LogP contribution in [0.25, 0.3) is 0 Å². The van der Waals surface area contributed by atoms with E-state index in [2.05, 4.69) is 37.7 Å². The average molecular weight is 203 g/mol. The highest BCUT2D eigenvalue weighted by Gasteiger charge is 2.32. The molecule has 3 nitrogen and oxygen atoms in total. The van der Waals surface area contributed by atoms with Gasteiger partial charge < -0.3 is 10.6 Å². The zero-order valence-corrected chi connectivity index (χ0v) is 10.6. The Balaban J connectivity index is 0. The molecule has 0 amide bonds. The zero-order valence-electron chi connectivity index (χ0n) is 10.6. The van der Waals surface area contributed by atoms with E-state index in [-0.39, 0.29) is 1.43 Å². The molecule has 0 aromatic heterocycles. The third kappa shape index (κ3) is 3.56. The molecule has 0 saturated carbocycles. The van der Waals surface area contributed by atoms with Crippen molar-refractivity contribution >= 4 is 0 Å². The summed E-state index contributed by atoms with van der Waals surface area (Å²) in [5.74, 6) is 0. The van der Waals surface area contributed by atoms with Crippen LogP contribution in [0.4, 0.5) is 0 Å². The van der Waals surface area contributed by atoms with E-state index in [1.54, 1.807) is 0 Å². The summed E-state index contributed by atoms with van der Waals surface area (Å²) >= 11 is 0. The van der Waals surface area contributed by atoms with E-state index in [0.29, 0.717) is 18.1 Å². The van der Waals surface area contributed by atoms with Gasteiger partial charge in [0.2, 0.25) is 0 Å². The highest BCUT2D eigenvalue weighted by molar-refractivity contribution is 4.92. The van der Waals surface area contributed by atoms with Crippen molar-refractivity contribution < 1.29 is 1.43 Å². The van der Waals surface area contributed by atoms with Gasteiger partial charge in [0, 0.05) is 32.6 Å². The van der Waals surface area contributed by atoms with Crippen LogP contribution in [0.5, 0.6) is 0 Å². The first-order valence-electron chi connectivity index (χ1n) is 5.68. The van der Waals surface area contributed by atoms with E-state index in [1.165, 1.54) is 0 Å². The molecule has 3 heteroatoms. The van der Waals surface area contributed by atoms with E-state index in [0.717, 1.165) is 13.1 Å². The predicted octanol–water partition coefficient (Wildman–Crippen LogP) is 1.24. The van der Waals surface area contributed by atoms with Gasteiger partial charge in [0.1, 0.15) is 0 Å². The van der Waals surface area contributed by atoms with Crippen molar-refractivity contribution in [3.05, 3.63) is 0 Å². The Morgan fingerprint density at radius 1 is 1.29 bits per heavy atom. The van der Waals surface area contributed by atoms with E-state index in [1.807, 2.05) is 13.8 Å². The lowest BCUT2D eigenvalue weighted by atomic mass is 10.2. The molecule has 1 fully saturated rings. The molecule has 0 spiro atoms. The Labute approximate surface area is 90.7 Å². The summed E-state index contributed by atoms with van der Waals surface area (Å²) in [5, 5.41) is 0. The second-order valence-corrected chi connectivity index (χ2v) is 4.24. The summed E-state index contributed by atoms with van der Waals surface area (Å²) in [6.07, 6.45) is 0. The van der Waals surface area contributed by atoms with E-state index in [9.17, 15) is 0 Å². The highest BCUT2D eigenvalue weighted by atomic mass is 15.3. The maximum absolute atomic E-state index is 6.02. The van der Waals surface area contributed by atoms with Gasteiger partial charge in [-0.3, -0.25) is 4.90 Å². The summed E-state index contributed by atoms with van der Waals surface area (Å²) in [4.78, 5) is 4.67. The number of rotatable bonds is 2. The van der Waals surface area contributed by atoms with Gasteiger partial charge in [-0.15, -0.1) is 0 Å². The standard InChI is InChI=1S/C9H21N3.C2H6.H2/c1-7(2)12-5-8(10)9(6-12)11(3)4;1-2;/h7-9H,5-6,10H2,1-4H3;1-2H3;1H. The fourth-order valence-corrected chi connectivity index (χ4v) is 1.81. The number of likely N-dealkylation sites (N-methyl/N-ethyl adjacent to an activating group) is 1. The van der Waals surface area contributed by atoms with Crippen molar-refractivity contribution in [3.8, 4) is 0 Å². The number of hydrogen-bond donors (Lipinski definition) is 1. The van der Waals surface area contributed by atoms with Crippen molar-refractivity contribution in [3.63, 3.8) is 0 Å². The van der Waals surface area contributed by atoms with Crippen LogP contribution in [0, 0.1) is 0 Å². The zero-order chi connectivity index (χ0) is 11.3. The summed E-state index contributed by atoms with van der Waals surface area (Å²) in [6, 6.07) is 1.48. The molecule has 0 bridgehead atoms. The SMILES string of the molecule is CC.CC(C)N1CC(N)C(N(C)C)C1.[HH]. The summed E-state index contributed by atoms with van der Waals surface area (Å²) in [7, 11) is 4.21. The molecule has 1 rings (SSSR count). The van der Waals surface area contributed by atoms with Crippen LogP contribution >= 0.6 is 0 Å². The smallest absolute Gasteiger partial charge is 0.0380 e. The number of nitrogens with two attached hydrogens (primary N) is 1. The first-order valence-corrected chi connectivity index (χ1v) is 5.68. The maximum Gasteiger partial charge on any atom is 0.0380 e. The molecular formula is C11H29N3. The lowest BCUT2D eigenvalue weighted by Crippen LogP contribution is -2.43. The van der Waals surface area contributed by atoms with Crippen molar-refractivity contribution in [2.75, 3.05) is 27.2 Å². The minimum Gasteiger partial charge on any atom is -0.325 e. The Morgan fingerprint density at radius 3 is 2.00 bits per heavy atom. The molecule has 0 aliphatic carbocycles. The van der Waals surface area contributed by atoms with Gasteiger partial charge in [-0.25, -0.2) is 0 Å². The van der Waals surface area contributed by atoms with Crippen molar-refractivity contribution in [1.82, 2.24) is 9.80 Å². The normalized spacial score (nSPS) is 28.1. The molecule has 1 heterocycles. The van der Waals surface area contributed by atoms with Crippen LogP contribution in [0.2, 0.25) is 0 Å². The quantitative estimate of drug-likeness (QED) is 0.733. The third-order valence-electron chi connectivity index (χ3n) is 2.75. The minimum atomic E-state index is 0. The van der Waals surface area contributed by atoms with Gasteiger partial charge in [-0.05, 0) is 27.9 Å². The largest absolute Gasteiger partial charge is 0.325 e. The fourth-order valence-electron chi connectivity index (χ4n) is 1.81. The molecule has 2 unspecified atom stereocenters. The van der Waals surface area contributed by atoms with Crippen molar-refractivity contribution in [1.29, 1.82) is 0 Å². The van der Waals surface area contributed by atoms with Crippen molar-refractivity contribution in [2.24, 2.45) is 5.73 Å². The Bertz CT molecular complexity index is 151. The van der Waals surface area contributed by atoms with Gasteiger partial charge in [0.05, 0.1) is 0 Å². The van der Waals surface area contributed by atoms with Crippen LogP contribution in [0.1, 0.15) is 29.1 Å². The summed E-state index contributed by atoms with van der Waals surface area (Å²) < 4.78 is 0. The average Bonchev–Trinajstić information content (AvgIpc) is 2.51. The molecule has 0 radical (unpaired) electrons. The molecular weight excluding hydrogens is 174 g/mol. The lowest BCUT2D eigenvalue weighted by molar-refractivity contribution is 0.236. The second-order valence-electron chi connectivity index (χ2n) is 4.24. The van der Waals surface area contributed by atoms with E-state index in [4.69, 9.17) is 5.73 Å². The van der Waals surface area contributed by atoms with Crippen LogP contribution < -0.4 is 5.73 Å². The molecule has 1 aliphatic rings. The van der Waals surface area contributed by atoms with Crippen LogP contribution in [-0.4, -0.2) is 55.1 Å². The molecule has 0 aromatic carbocycles. The third-order valence-corrected chi connectivity index (χ3v) is 2.75. The summed E-state index contributed by atoms with van der Waals surface area (Å²) in [6.45, 7) is 10.6. The predicted molar refractivity (Wildman–Crippen MR) is 65.6 cm³/mol. The second kappa shape index (κ2) is 6.38. The maximum atomic E-state index is 6.02. The van der Waals surface area contributed by atoms with Crippen LogP contribution in [0.3, 0.4) is 0 Å². The topological polar surface area (TPSA) is 32.5 Å².